The monoisotopic (exact) mass is 349 g/mol. The second kappa shape index (κ2) is 6.32. The Bertz CT molecular complexity index is 1040. The van der Waals surface area contributed by atoms with E-state index >= 15 is 0 Å². The number of aromatic nitrogens is 2. The van der Waals surface area contributed by atoms with E-state index in [-0.39, 0.29) is 11.8 Å². The van der Waals surface area contributed by atoms with Gasteiger partial charge in [0.1, 0.15) is 5.69 Å². The van der Waals surface area contributed by atoms with Crippen LogP contribution in [-0.2, 0) is 0 Å². The van der Waals surface area contributed by atoms with Gasteiger partial charge in [0, 0.05) is 41.2 Å². The molecule has 130 valence electrons. The molecule has 3 aromatic rings. The molecule has 8 heteroatoms. The number of aromatic amines is 1. The van der Waals surface area contributed by atoms with E-state index in [4.69, 9.17) is 0 Å². The molecule has 0 radical (unpaired) electrons. The summed E-state index contributed by atoms with van der Waals surface area (Å²) < 4.78 is 0. The SMILES string of the molecule is O=C(Nc1cccnc1)c1ccc2[nH]c3c(c2c1)/C(=N\O)CCNC3=O. The van der Waals surface area contributed by atoms with E-state index in [0.717, 1.165) is 0 Å². The lowest BCUT2D eigenvalue weighted by atomic mass is 10.0. The highest BCUT2D eigenvalue weighted by molar-refractivity contribution is 6.20. The number of H-pyrrole nitrogens is 1. The molecule has 0 unspecified atom stereocenters. The second-order valence-electron chi connectivity index (χ2n) is 5.88. The number of pyridine rings is 1. The second-order valence-corrected chi connectivity index (χ2v) is 5.88. The van der Waals surface area contributed by atoms with Crippen molar-refractivity contribution in [3.8, 4) is 0 Å². The van der Waals surface area contributed by atoms with Gasteiger partial charge in [-0.2, -0.15) is 0 Å². The van der Waals surface area contributed by atoms with Crippen molar-refractivity contribution in [2.45, 2.75) is 6.42 Å². The summed E-state index contributed by atoms with van der Waals surface area (Å²) in [6.07, 6.45) is 3.57. The average molecular weight is 349 g/mol. The van der Waals surface area contributed by atoms with E-state index in [0.29, 0.717) is 52.1 Å². The molecule has 0 atom stereocenters. The van der Waals surface area contributed by atoms with Gasteiger partial charge in [0.15, 0.2) is 0 Å². The highest BCUT2D eigenvalue weighted by atomic mass is 16.4. The fraction of sp³-hybridized carbons (Fsp3) is 0.111. The minimum Gasteiger partial charge on any atom is -0.411 e. The van der Waals surface area contributed by atoms with Crippen molar-refractivity contribution < 1.29 is 14.8 Å². The van der Waals surface area contributed by atoms with Crippen LogP contribution in [0.25, 0.3) is 10.9 Å². The number of benzene rings is 1. The van der Waals surface area contributed by atoms with Crippen LogP contribution in [0.1, 0.15) is 32.8 Å². The van der Waals surface area contributed by atoms with Crippen LogP contribution >= 0.6 is 0 Å². The lowest BCUT2D eigenvalue weighted by Crippen LogP contribution is -2.23. The van der Waals surface area contributed by atoms with E-state index in [1.54, 1.807) is 42.7 Å². The number of carbonyl (C=O) groups is 2. The highest BCUT2D eigenvalue weighted by Crippen LogP contribution is 2.27. The maximum absolute atomic E-state index is 12.5. The van der Waals surface area contributed by atoms with Crippen LogP contribution in [0.3, 0.4) is 0 Å². The molecule has 0 aliphatic carbocycles. The first-order valence-corrected chi connectivity index (χ1v) is 8.04. The van der Waals surface area contributed by atoms with Gasteiger partial charge in [-0.05, 0) is 30.3 Å². The fourth-order valence-corrected chi connectivity index (χ4v) is 3.05. The van der Waals surface area contributed by atoms with E-state index in [1.165, 1.54) is 0 Å². The molecule has 1 aliphatic rings. The Morgan fingerprint density at radius 3 is 2.96 bits per heavy atom. The summed E-state index contributed by atoms with van der Waals surface area (Å²) >= 11 is 0. The van der Waals surface area contributed by atoms with Gasteiger partial charge in [-0.25, -0.2) is 0 Å². The molecule has 1 aromatic carbocycles. The normalized spacial score (nSPS) is 15.4. The third-order valence-corrected chi connectivity index (χ3v) is 4.26. The molecule has 0 bridgehead atoms. The standard InChI is InChI=1S/C18H15N5O3/c24-17(21-11-2-1-6-19-9-11)10-3-4-13-12(8-10)15-14(23-26)5-7-20-18(25)16(15)22-13/h1-4,6,8-9,22,26H,5,7H2,(H,20,25)(H,21,24)/b23-14-. The topological polar surface area (TPSA) is 119 Å². The van der Waals surface area contributed by atoms with Gasteiger partial charge in [0.2, 0.25) is 0 Å². The molecule has 0 spiro atoms. The van der Waals surface area contributed by atoms with Crippen molar-refractivity contribution in [1.82, 2.24) is 15.3 Å². The molecule has 2 aromatic heterocycles. The summed E-state index contributed by atoms with van der Waals surface area (Å²) in [5.74, 6) is -0.563. The summed E-state index contributed by atoms with van der Waals surface area (Å²) in [4.78, 5) is 31.8. The summed E-state index contributed by atoms with van der Waals surface area (Å²) in [7, 11) is 0. The zero-order chi connectivity index (χ0) is 18.1. The average Bonchev–Trinajstić information content (AvgIpc) is 2.97. The van der Waals surface area contributed by atoms with Crippen molar-refractivity contribution in [3.05, 3.63) is 59.5 Å². The molecule has 0 fully saturated rings. The van der Waals surface area contributed by atoms with Crippen molar-refractivity contribution in [3.63, 3.8) is 0 Å². The van der Waals surface area contributed by atoms with Crippen molar-refractivity contribution in [2.75, 3.05) is 11.9 Å². The first kappa shape index (κ1) is 15.8. The summed E-state index contributed by atoms with van der Waals surface area (Å²) in [6.45, 7) is 0.378. The van der Waals surface area contributed by atoms with E-state index < -0.39 is 0 Å². The third-order valence-electron chi connectivity index (χ3n) is 4.26. The van der Waals surface area contributed by atoms with Crippen LogP contribution < -0.4 is 10.6 Å². The van der Waals surface area contributed by atoms with Gasteiger partial charge in [-0.15, -0.1) is 0 Å². The minimum absolute atomic E-state index is 0.267. The Morgan fingerprint density at radius 1 is 1.31 bits per heavy atom. The van der Waals surface area contributed by atoms with Crippen LogP contribution in [0.2, 0.25) is 0 Å². The number of oxime groups is 1. The summed E-state index contributed by atoms with van der Waals surface area (Å²) in [5, 5.41) is 18.9. The van der Waals surface area contributed by atoms with Gasteiger partial charge in [-0.1, -0.05) is 5.16 Å². The van der Waals surface area contributed by atoms with Crippen molar-refractivity contribution in [1.29, 1.82) is 0 Å². The molecule has 1 aliphatic heterocycles. The van der Waals surface area contributed by atoms with Crippen molar-refractivity contribution >= 4 is 34.1 Å². The van der Waals surface area contributed by atoms with Gasteiger partial charge < -0.3 is 20.8 Å². The Balaban J connectivity index is 1.79. The summed E-state index contributed by atoms with van der Waals surface area (Å²) in [5.41, 5.74) is 2.94. The van der Waals surface area contributed by atoms with Gasteiger partial charge in [0.05, 0.1) is 17.6 Å². The maximum atomic E-state index is 12.5. The molecular weight excluding hydrogens is 334 g/mol. The molecule has 26 heavy (non-hydrogen) atoms. The molecule has 3 heterocycles. The molecular formula is C18H15N5O3. The Kier molecular flexibility index (Phi) is 3.85. The lowest BCUT2D eigenvalue weighted by Gasteiger charge is -2.06. The van der Waals surface area contributed by atoms with Crippen LogP contribution in [0, 0.1) is 0 Å². The van der Waals surface area contributed by atoms with Crippen LogP contribution in [0.15, 0.2) is 47.9 Å². The van der Waals surface area contributed by atoms with E-state index in [2.05, 4.69) is 25.8 Å². The number of nitrogens with one attached hydrogen (secondary N) is 3. The number of carbonyl (C=O) groups excluding carboxylic acids is 2. The number of hydrogen-bond donors (Lipinski definition) is 4. The highest BCUT2D eigenvalue weighted by Gasteiger charge is 2.25. The lowest BCUT2D eigenvalue weighted by molar-refractivity contribution is 0.0951. The predicted octanol–water partition coefficient (Wildman–Crippen LogP) is 2.13. The van der Waals surface area contributed by atoms with Crippen molar-refractivity contribution in [2.24, 2.45) is 5.16 Å². The fourth-order valence-electron chi connectivity index (χ4n) is 3.05. The first-order valence-electron chi connectivity index (χ1n) is 8.04. The predicted molar refractivity (Wildman–Crippen MR) is 95.8 cm³/mol. The van der Waals surface area contributed by atoms with E-state index in [9.17, 15) is 14.8 Å². The molecule has 0 saturated heterocycles. The molecule has 0 saturated carbocycles. The molecule has 4 rings (SSSR count). The number of rotatable bonds is 2. The van der Waals surface area contributed by atoms with Crippen LogP contribution in [0.4, 0.5) is 5.69 Å². The van der Waals surface area contributed by atoms with E-state index in [1.807, 2.05) is 0 Å². The Morgan fingerprint density at radius 2 is 2.19 bits per heavy atom. The molecule has 8 nitrogen and oxygen atoms in total. The smallest absolute Gasteiger partial charge is 0.268 e. The van der Waals surface area contributed by atoms with Gasteiger partial charge in [0.25, 0.3) is 11.8 Å². The number of amides is 2. The molecule has 2 amide bonds. The van der Waals surface area contributed by atoms with Gasteiger partial charge in [-0.3, -0.25) is 14.6 Å². The maximum Gasteiger partial charge on any atom is 0.268 e. The Labute approximate surface area is 147 Å². The summed E-state index contributed by atoms with van der Waals surface area (Å²) in [6, 6.07) is 8.54. The van der Waals surface area contributed by atoms with Gasteiger partial charge >= 0.3 is 0 Å². The van der Waals surface area contributed by atoms with Crippen LogP contribution in [0.5, 0.6) is 0 Å². The Hall–Kier alpha value is -3.68. The minimum atomic E-state index is -0.296. The number of fused-ring (bicyclic) bond motifs is 3. The molecule has 4 N–H and O–H groups in total. The zero-order valence-electron chi connectivity index (χ0n) is 13.6. The zero-order valence-corrected chi connectivity index (χ0v) is 13.6. The first-order chi connectivity index (χ1) is 12.7. The third kappa shape index (κ3) is 2.67. The quantitative estimate of drug-likeness (QED) is 0.418. The number of nitrogens with zero attached hydrogens (tertiary/aromatic N) is 2. The number of hydrogen-bond acceptors (Lipinski definition) is 5. The largest absolute Gasteiger partial charge is 0.411 e. The van der Waals surface area contributed by atoms with Crippen LogP contribution in [-0.4, -0.2) is 39.2 Å². The number of anilines is 1.